The van der Waals surface area contributed by atoms with Gasteiger partial charge in [-0.05, 0) is 43.9 Å². The van der Waals surface area contributed by atoms with Gasteiger partial charge in [0.2, 0.25) is 0 Å². The number of methoxy groups -OCH3 is 1. The van der Waals surface area contributed by atoms with Gasteiger partial charge in [-0.15, -0.1) is 0 Å². The number of hydrogen-bond donors (Lipinski definition) is 0. The highest BCUT2D eigenvalue weighted by Crippen LogP contribution is 2.32. The van der Waals surface area contributed by atoms with Crippen molar-refractivity contribution in [2.24, 2.45) is 11.8 Å². The summed E-state index contributed by atoms with van der Waals surface area (Å²) in [5.41, 5.74) is 0. The summed E-state index contributed by atoms with van der Waals surface area (Å²) in [6.45, 7) is 7.40. The standard InChI is InChI=1S/C17H31NO3/c1-13-6-7-15(11-14(13)2)18(9-8-17(19)20-3)12-16-5-4-10-21-16/h13-16H,4-12H2,1-3H3. The Morgan fingerprint density at radius 2 is 2.05 bits per heavy atom. The first-order valence-electron chi connectivity index (χ1n) is 8.52. The van der Waals surface area contributed by atoms with Crippen LogP contribution in [-0.2, 0) is 14.3 Å². The summed E-state index contributed by atoms with van der Waals surface area (Å²) in [6, 6.07) is 0.602. The number of carbonyl (C=O) groups excluding carboxylic acids is 1. The van der Waals surface area contributed by atoms with Gasteiger partial charge in [-0.3, -0.25) is 9.69 Å². The second-order valence-corrected chi connectivity index (χ2v) is 6.88. The molecule has 0 aromatic heterocycles. The minimum atomic E-state index is -0.107. The van der Waals surface area contributed by atoms with Gasteiger partial charge in [0.05, 0.1) is 19.6 Å². The van der Waals surface area contributed by atoms with Gasteiger partial charge in [0.25, 0.3) is 0 Å². The number of rotatable bonds is 6. The van der Waals surface area contributed by atoms with Crippen LogP contribution in [0.3, 0.4) is 0 Å². The Labute approximate surface area is 129 Å². The lowest BCUT2D eigenvalue weighted by Gasteiger charge is -2.40. The molecular weight excluding hydrogens is 266 g/mol. The van der Waals surface area contributed by atoms with Gasteiger partial charge in [-0.25, -0.2) is 0 Å². The van der Waals surface area contributed by atoms with E-state index in [0.29, 0.717) is 18.6 Å². The molecule has 2 fully saturated rings. The van der Waals surface area contributed by atoms with E-state index in [1.54, 1.807) is 0 Å². The lowest BCUT2D eigenvalue weighted by atomic mass is 9.78. The Hall–Kier alpha value is -0.610. The van der Waals surface area contributed by atoms with E-state index in [9.17, 15) is 4.79 Å². The molecule has 2 aliphatic rings. The Morgan fingerprint density at radius 1 is 1.24 bits per heavy atom. The molecule has 4 unspecified atom stereocenters. The highest BCUT2D eigenvalue weighted by atomic mass is 16.5. The van der Waals surface area contributed by atoms with E-state index in [2.05, 4.69) is 18.7 Å². The van der Waals surface area contributed by atoms with E-state index in [1.165, 1.54) is 32.8 Å². The van der Waals surface area contributed by atoms with Crippen molar-refractivity contribution >= 4 is 5.97 Å². The number of nitrogens with zero attached hydrogens (tertiary/aromatic N) is 1. The Balaban J connectivity index is 1.91. The number of ether oxygens (including phenoxy) is 2. The lowest BCUT2D eigenvalue weighted by Crippen LogP contribution is -2.44. The largest absolute Gasteiger partial charge is 0.469 e. The van der Waals surface area contributed by atoms with Gasteiger partial charge in [-0.1, -0.05) is 13.8 Å². The monoisotopic (exact) mass is 297 g/mol. The number of hydrogen-bond acceptors (Lipinski definition) is 4. The van der Waals surface area contributed by atoms with E-state index in [-0.39, 0.29) is 5.97 Å². The average molecular weight is 297 g/mol. The molecule has 2 rings (SSSR count). The van der Waals surface area contributed by atoms with Gasteiger partial charge in [0.15, 0.2) is 0 Å². The Bertz CT molecular complexity index is 328. The van der Waals surface area contributed by atoms with Crippen LogP contribution in [0.4, 0.5) is 0 Å². The fraction of sp³-hybridized carbons (Fsp3) is 0.941. The first-order chi connectivity index (χ1) is 10.1. The van der Waals surface area contributed by atoms with E-state index in [1.807, 2.05) is 0 Å². The van der Waals surface area contributed by atoms with Gasteiger partial charge in [0.1, 0.15) is 0 Å². The zero-order chi connectivity index (χ0) is 15.2. The van der Waals surface area contributed by atoms with Crippen LogP contribution in [0.15, 0.2) is 0 Å². The van der Waals surface area contributed by atoms with Crippen LogP contribution in [0.25, 0.3) is 0 Å². The van der Waals surface area contributed by atoms with Crippen molar-refractivity contribution < 1.29 is 14.3 Å². The van der Waals surface area contributed by atoms with Crippen LogP contribution >= 0.6 is 0 Å². The van der Waals surface area contributed by atoms with Gasteiger partial charge < -0.3 is 9.47 Å². The molecule has 1 saturated heterocycles. The van der Waals surface area contributed by atoms with Crippen LogP contribution in [0.1, 0.15) is 52.4 Å². The summed E-state index contributed by atoms with van der Waals surface area (Å²) in [4.78, 5) is 14.0. The van der Waals surface area contributed by atoms with Gasteiger partial charge >= 0.3 is 5.97 Å². The van der Waals surface area contributed by atoms with Crippen molar-refractivity contribution in [2.75, 3.05) is 26.8 Å². The second kappa shape index (κ2) is 8.14. The first kappa shape index (κ1) is 16.8. The zero-order valence-corrected chi connectivity index (χ0v) is 13.8. The maximum Gasteiger partial charge on any atom is 0.306 e. The van der Waals surface area contributed by atoms with Gasteiger partial charge in [-0.2, -0.15) is 0 Å². The number of esters is 1. The molecule has 21 heavy (non-hydrogen) atoms. The molecule has 0 N–H and O–H groups in total. The maximum atomic E-state index is 11.5. The van der Waals surface area contributed by atoms with E-state index in [0.717, 1.165) is 38.0 Å². The molecule has 122 valence electrons. The molecule has 1 heterocycles. The molecule has 0 aromatic rings. The van der Waals surface area contributed by atoms with Gasteiger partial charge in [0, 0.05) is 25.7 Å². The molecule has 0 spiro atoms. The molecule has 1 saturated carbocycles. The van der Waals surface area contributed by atoms with Crippen molar-refractivity contribution in [2.45, 2.75) is 64.5 Å². The quantitative estimate of drug-likeness (QED) is 0.707. The van der Waals surface area contributed by atoms with Crippen molar-refractivity contribution in [3.05, 3.63) is 0 Å². The van der Waals surface area contributed by atoms with Crippen LogP contribution in [-0.4, -0.2) is 49.8 Å². The van der Waals surface area contributed by atoms with Crippen molar-refractivity contribution in [1.82, 2.24) is 4.90 Å². The highest BCUT2D eigenvalue weighted by Gasteiger charge is 2.31. The van der Waals surface area contributed by atoms with Crippen LogP contribution < -0.4 is 0 Å². The molecule has 0 bridgehead atoms. The minimum Gasteiger partial charge on any atom is -0.469 e. The predicted molar refractivity (Wildman–Crippen MR) is 83.1 cm³/mol. The third-order valence-electron chi connectivity index (χ3n) is 5.38. The molecule has 0 radical (unpaired) electrons. The molecule has 4 nitrogen and oxygen atoms in total. The average Bonchev–Trinajstić information content (AvgIpc) is 2.99. The molecule has 0 amide bonds. The Morgan fingerprint density at radius 3 is 2.67 bits per heavy atom. The predicted octanol–water partition coefficient (Wildman–Crippen LogP) is 2.86. The summed E-state index contributed by atoms with van der Waals surface area (Å²) in [6.07, 6.45) is 6.97. The number of carbonyl (C=O) groups is 1. The highest BCUT2D eigenvalue weighted by molar-refractivity contribution is 5.69. The van der Waals surface area contributed by atoms with Crippen LogP contribution in [0.2, 0.25) is 0 Å². The summed E-state index contributed by atoms with van der Waals surface area (Å²) >= 11 is 0. The molecule has 4 atom stereocenters. The summed E-state index contributed by atoms with van der Waals surface area (Å²) < 4.78 is 10.6. The fourth-order valence-corrected chi connectivity index (χ4v) is 3.66. The van der Waals surface area contributed by atoms with E-state index >= 15 is 0 Å². The van der Waals surface area contributed by atoms with E-state index < -0.39 is 0 Å². The minimum absolute atomic E-state index is 0.107. The first-order valence-corrected chi connectivity index (χ1v) is 8.52. The molecule has 4 heteroatoms. The van der Waals surface area contributed by atoms with Crippen molar-refractivity contribution in [3.8, 4) is 0 Å². The second-order valence-electron chi connectivity index (χ2n) is 6.88. The topological polar surface area (TPSA) is 38.8 Å². The molecule has 1 aliphatic heterocycles. The molecular formula is C17H31NO3. The third-order valence-corrected chi connectivity index (χ3v) is 5.38. The maximum absolute atomic E-state index is 11.5. The van der Waals surface area contributed by atoms with Crippen molar-refractivity contribution in [3.63, 3.8) is 0 Å². The summed E-state index contributed by atoms with van der Waals surface area (Å²) in [5, 5.41) is 0. The third kappa shape index (κ3) is 4.96. The summed E-state index contributed by atoms with van der Waals surface area (Å²) in [7, 11) is 1.47. The zero-order valence-electron chi connectivity index (χ0n) is 13.8. The van der Waals surface area contributed by atoms with Crippen LogP contribution in [0, 0.1) is 11.8 Å². The summed E-state index contributed by atoms with van der Waals surface area (Å²) in [5.74, 6) is 1.49. The van der Waals surface area contributed by atoms with E-state index in [4.69, 9.17) is 9.47 Å². The molecule has 1 aliphatic carbocycles. The normalized spacial score (nSPS) is 33.3. The SMILES string of the molecule is COC(=O)CCN(CC1CCCO1)C1CCC(C)C(C)C1. The smallest absolute Gasteiger partial charge is 0.306 e. The lowest BCUT2D eigenvalue weighted by molar-refractivity contribution is -0.141. The Kier molecular flexibility index (Phi) is 6.49. The molecule has 0 aromatic carbocycles. The van der Waals surface area contributed by atoms with Crippen molar-refractivity contribution in [1.29, 1.82) is 0 Å². The fourth-order valence-electron chi connectivity index (χ4n) is 3.66. The van der Waals surface area contributed by atoms with Crippen LogP contribution in [0.5, 0.6) is 0 Å².